The van der Waals surface area contributed by atoms with Gasteiger partial charge in [0.05, 0.1) is 5.69 Å². The third-order valence-electron chi connectivity index (χ3n) is 2.22. The molecule has 0 aliphatic rings. The van der Waals surface area contributed by atoms with Crippen LogP contribution in [0.5, 0.6) is 5.75 Å². The van der Waals surface area contributed by atoms with E-state index in [0.29, 0.717) is 0 Å². The molecule has 0 saturated heterocycles. The van der Waals surface area contributed by atoms with Crippen molar-refractivity contribution in [2.45, 2.75) is 6.92 Å². The van der Waals surface area contributed by atoms with Crippen LogP contribution in [-0.4, -0.2) is 0 Å². The van der Waals surface area contributed by atoms with Gasteiger partial charge in [-0.05, 0) is 36.8 Å². The van der Waals surface area contributed by atoms with Gasteiger partial charge >= 0.3 is 0 Å². The highest BCUT2D eigenvalue weighted by Crippen LogP contribution is 2.19. The molecule has 0 atom stereocenters. The van der Waals surface area contributed by atoms with Crippen LogP contribution >= 0.6 is 15.9 Å². The summed E-state index contributed by atoms with van der Waals surface area (Å²) in [7, 11) is 0. The summed E-state index contributed by atoms with van der Waals surface area (Å²) < 4.78 is 0.997. The maximum atomic E-state index is 5.47. The quantitative estimate of drug-likeness (QED) is 0.851. The zero-order valence-electron chi connectivity index (χ0n) is 8.91. The van der Waals surface area contributed by atoms with Gasteiger partial charge in [-0.25, -0.2) is 5.48 Å². The summed E-state index contributed by atoms with van der Waals surface area (Å²) in [6.07, 6.45) is 0. The van der Waals surface area contributed by atoms with Crippen LogP contribution in [0.2, 0.25) is 0 Å². The van der Waals surface area contributed by atoms with E-state index in [1.54, 1.807) is 0 Å². The molecule has 0 amide bonds. The van der Waals surface area contributed by atoms with Crippen molar-refractivity contribution >= 4 is 21.6 Å². The zero-order chi connectivity index (χ0) is 11.4. The molecule has 0 unspecified atom stereocenters. The van der Waals surface area contributed by atoms with Crippen molar-refractivity contribution in [3.05, 3.63) is 58.6 Å². The third kappa shape index (κ3) is 2.76. The summed E-state index contributed by atoms with van der Waals surface area (Å²) in [5.41, 5.74) is 5.06. The fourth-order valence-corrected chi connectivity index (χ4v) is 1.71. The van der Waals surface area contributed by atoms with Gasteiger partial charge in [0.15, 0.2) is 5.75 Å². The Bertz CT molecular complexity index is 485. The lowest BCUT2D eigenvalue weighted by Gasteiger charge is -2.10. The van der Waals surface area contributed by atoms with Crippen molar-refractivity contribution in [1.29, 1.82) is 0 Å². The molecule has 0 heterocycles. The second kappa shape index (κ2) is 5.03. The molecule has 0 fully saturated rings. The molecular weight excluding hydrogens is 266 g/mol. The molecule has 2 rings (SSSR count). The first-order chi connectivity index (χ1) is 7.75. The van der Waals surface area contributed by atoms with Gasteiger partial charge in [-0.2, -0.15) is 0 Å². The Kier molecular flexibility index (Phi) is 3.47. The Hall–Kier alpha value is -1.48. The molecule has 2 aromatic carbocycles. The van der Waals surface area contributed by atoms with E-state index < -0.39 is 0 Å². The van der Waals surface area contributed by atoms with Crippen LogP contribution in [-0.2, 0) is 0 Å². The lowest BCUT2D eigenvalue weighted by atomic mass is 10.2. The predicted octanol–water partition coefficient (Wildman–Crippen LogP) is 4.16. The Morgan fingerprint density at radius 3 is 2.62 bits per heavy atom. The minimum Gasteiger partial charge on any atom is -0.382 e. The van der Waals surface area contributed by atoms with E-state index in [9.17, 15) is 0 Å². The van der Waals surface area contributed by atoms with Gasteiger partial charge in [0.2, 0.25) is 0 Å². The summed E-state index contributed by atoms with van der Waals surface area (Å²) in [5, 5.41) is 0. The van der Waals surface area contributed by atoms with Crippen LogP contribution in [0.4, 0.5) is 5.69 Å². The van der Waals surface area contributed by atoms with Gasteiger partial charge in [0.1, 0.15) is 0 Å². The van der Waals surface area contributed by atoms with Gasteiger partial charge in [-0.3, -0.25) is 0 Å². The number of rotatable bonds is 3. The van der Waals surface area contributed by atoms with Crippen LogP contribution in [0.3, 0.4) is 0 Å². The molecule has 0 bridgehead atoms. The SMILES string of the molecule is Cc1ccccc1NOc1cccc(Br)c1. The molecular formula is C13H12BrNO. The predicted molar refractivity (Wildman–Crippen MR) is 69.6 cm³/mol. The molecule has 0 aliphatic heterocycles. The zero-order valence-corrected chi connectivity index (χ0v) is 10.5. The average molecular weight is 278 g/mol. The lowest BCUT2D eigenvalue weighted by Crippen LogP contribution is -2.05. The molecule has 0 radical (unpaired) electrons. The second-order valence-electron chi connectivity index (χ2n) is 3.48. The molecule has 82 valence electrons. The number of nitrogens with one attached hydrogen (secondary N) is 1. The number of hydrogen-bond acceptors (Lipinski definition) is 2. The Labute approximate surface area is 103 Å². The van der Waals surface area contributed by atoms with Gasteiger partial charge in [0.25, 0.3) is 0 Å². The minimum absolute atomic E-state index is 0.776. The van der Waals surface area contributed by atoms with Gasteiger partial charge in [0, 0.05) is 4.47 Å². The van der Waals surface area contributed by atoms with Gasteiger partial charge < -0.3 is 4.84 Å². The molecule has 0 spiro atoms. The molecule has 3 heteroatoms. The van der Waals surface area contributed by atoms with Crippen LogP contribution in [0, 0.1) is 6.92 Å². The summed E-state index contributed by atoms with van der Waals surface area (Å²) in [6, 6.07) is 15.7. The van der Waals surface area contributed by atoms with Crippen molar-refractivity contribution < 1.29 is 4.84 Å². The van der Waals surface area contributed by atoms with Crippen molar-refractivity contribution in [2.24, 2.45) is 0 Å². The van der Waals surface area contributed by atoms with Crippen LogP contribution in [0.15, 0.2) is 53.0 Å². The normalized spacial score (nSPS) is 9.88. The molecule has 2 aromatic rings. The minimum atomic E-state index is 0.776. The third-order valence-corrected chi connectivity index (χ3v) is 2.71. The summed E-state index contributed by atoms with van der Waals surface area (Å²) >= 11 is 3.40. The van der Waals surface area contributed by atoms with Gasteiger partial charge in [-0.1, -0.05) is 40.2 Å². The van der Waals surface area contributed by atoms with Crippen molar-refractivity contribution in [1.82, 2.24) is 0 Å². The Morgan fingerprint density at radius 1 is 1.06 bits per heavy atom. The summed E-state index contributed by atoms with van der Waals surface area (Å²) in [5.74, 6) is 0.776. The largest absolute Gasteiger partial charge is 0.382 e. The van der Waals surface area contributed by atoms with E-state index in [1.165, 1.54) is 0 Å². The summed E-state index contributed by atoms with van der Waals surface area (Å²) in [4.78, 5) is 5.47. The summed E-state index contributed by atoms with van der Waals surface area (Å²) in [6.45, 7) is 2.03. The molecule has 0 saturated carbocycles. The van der Waals surface area contributed by atoms with Crippen molar-refractivity contribution in [2.75, 3.05) is 5.48 Å². The number of hydrogen-bond donors (Lipinski definition) is 1. The first-order valence-corrected chi connectivity index (χ1v) is 5.79. The monoisotopic (exact) mass is 277 g/mol. The van der Waals surface area contributed by atoms with E-state index in [-0.39, 0.29) is 0 Å². The first-order valence-electron chi connectivity index (χ1n) is 5.00. The lowest BCUT2D eigenvalue weighted by molar-refractivity contribution is 0.404. The van der Waals surface area contributed by atoms with Crippen LogP contribution in [0.25, 0.3) is 0 Å². The highest BCUT2D eigenvalue weighted by molar-refractivity contribution is 9.10. The average Bonchev–Trinajstić information content (AvgIpc) is 2.28. The first kappa shape index (κ1) is 11.0. The van der Waals surface area contributed by atoms with Gasteiger partial charge in [-0.15, -0.1) is 0 Å². The van der Waals surface area contributed by atoms with Crippen LogP contribution < -0.4 is 10.3 Å². The second-order valence-corrected chi connectivity index (χ2v) is 4.39. The highest BCUT2D eigenvalue weighted by atomic mass is 79.9. The highest BCUT2D eigenvalue weighted by Gasteiger charge is 1.98. The number of benzene rings is 2. The Morgan fingerprint density at radius 2 is 1.88 bits per heavy atom. The van der Waals surface area contributed by atoms with E-state index in [0.717, 1.165) is 21.5 Å². The van der Waals surface area contributed by atoms with Crippen molar-refractivity contribution in [3.63, 3.8) is 0 Å². The Balaban J connectivity index is 2.05. The molecule has 1 N–H and O–H groups in total. The topological polar surface area (TPSA) is 21.3 Å². The fourth-order valence-electron chi connectivity index (χ4n) is 1.33. The molecule has 0 aliphatic carbocycles. The number of halogens is 1. The van der Waals surface area contributed by atoms with Crippen LogP contribution in [0.1, 0.15) is 5.56 Å². The van der Waals surface area contributed by atoms with E-state index >= 15 is 0 Å². The number of para-hydroxylation sites is 1. The number of aryl methyl sites for hydroxylation is 1. The molecule has 16 heavy (non-hydrogen) atoms. The molecule has 0 aromatic heterocycles. The van der Waals surface area contributed by atoms with Crippen molar-refractivity contribution in [3.8, 4) is 5.75 Å². The standard InChI is InChI=1S/C13H12BrNO/c1-10-5-2-3-8-13(10)15-16-12-7-4-6-11(14)9-12/h2-9,15H,1H3. The molecule has 2 nitrogen and oxygen atoms in total. The fraction of sp³-hybridized carbons (Fsp3) is 0.0769. The van der Waals surface area contributed by atoms with E-state index in [2.05, 4.69) is 21.4 Å². The maximum absolute atomic E-state index is 5.47. The maximum Gasteiger partial charge on any atom is 0.156 e. The van der Waals surface area contributed by atoms with E-state index in [4.69, 9.17) is 4.84 Å². The smallest absolute Gasteiger partial charge is 0.156 e. The number of anilines is 1. The van der Waals surface area contributed by atoms with E-state index in [1.807, 2.05) is 55.5 Å².